The topological polar surface area (TPSA) is 82.0 Å². The van der Waals surface area contributed by atoms with Crippen molar-refractivity contribution in [2.45, 2.75) is 5.51 Å². The van der Waals surface area contributed by atoms with Crippen LogP contribution in [0.4, 0.5) is 13.2 Å². The normalized spacial score (nSPS) is 11.6. The second-order valence-electron chi connectivity index (χ2n) is 15.9. The summed E-state index contributed by atoms with van der Waals surface area (Å²) in [5.41, 5.74) is 8.33. The van der Waals surface area contributed by atoms with E-state index in [1.54, 1.807) is 61.1 Å². The van der Waals surface area contributed by atoms with Gasteiger partial charge in [-0.25, -0.2) is 0 Å². The van der Waals surface area contributed by atoms with E-state index in [1.807, 2.05) is 72.8 Å². The standard InChI is InChI=1S/C58H38F3N3O3S/c59-58(60,61)68(65,66)67-57-38-43(56-21-9-12-34-64-56)30-31-53(57)52-18-6-5-17-51(52)46-36-44(49-15-3-1-13-47(49)39-22-26-41(27-23-39)54-19-7-10-32-62-54)35-45(37-46)50-16-4-2-14-48(50)40-24-28-42(29-25-40)55-20-8-11-33-63-55/h1-38H. The average Bonchev–Trinajstić information content (AvgIpc) is 3.39. The summed E-state index contributed by atoms with van der Waals surface area (Å²) in [6.07, 6.45) is 5.08. The fraction of sp³-hybridized carbons (Fsp3) is 0.0172. The quantitative estimate of drug-likeness (QED) is 0.0950. The van der Waals surface area contributed by atoms with Crippen LogP contribution in [-0.4, -0.2) is 28.9 Å². The maximum Gasteiger partial charge on any atom is 0.534 e. The van der Waals surface area contributed by atoms with Crippen molar-refractivity contribution < 1.29 is 25.8 Å². The lowest BCUT2D eigenvalue weighted by atomic mass is 9.86. The van der Waals surface area contributed by atoms with Crippen LogP contribution in [0.3, 0.4) is 0 Å². The third-order valence-electron chi connectivity index (χ3n) is 11.7. The van der Waals surface area contributed by atoms with Gasteiger partial charge in [0.15, 0.2) is 5.75 Å². The summed E-state index contributed by atoms with van der Waals surface area (Å²) < 4.78 is 72.5. The molecule has 3 heterocycles. The van der Waals surface area contributed by atoms with Gasteiger partial charge in [-0.3, -0.25) is 15.0 Å². The Kier molecular flexibility index (Phi) is 11.8. The first kappa shape index (κ1) is 43.4. The third-order valence-corrected chi connectivity index (χ3v) is 12.6. The van der Waals surface area contributed by atoms with Crippen LogP contribution < -0.4 is 4.18 Å². The Hall–Kier alpha value is -8.47. The van der Waals surface area contributed by atoms with Crippen LogP contribution >= 0.6 is 0 Å². The fourth-order valence-corrected chi connectivity index (χ4v) is 8.89. The van der Waals surface area contributed by atoms with E-state index >= 15 is 0 Å². The van der Waals surface area contributed by atoms with Gasteiger partial charge in [-0.05, 0) is 128 Å². The molecule has 10 aromatic rings. The van der Waals surface area contributed by atoms with Crippen LogP contribution in [-0.2, 0) is 10.1 Å². The Morgan fingerprint density at radius 2 is 0.647 bits per heavy atom. The largest absolute Gasteiger partial charge is 0.534 e. The van der Waals surface area contributed by atoms with Crippen molar-refractivity contribution in [2.75, 3.05) is 0 Å². The fourth-order valence-electron chi connectivity index (χ4n) is 8.42. The number of rotatable bonds is 11. The van der Waals surface area contributed by atoms with Gasteiger partial charge in [-0.1, -0.05) is 146 Å². The molecule has 3 aromatic heterocycles. The second kappa shape index (κ2) is 18.4. The molecule has 0 radical (unpaired) electrons. The number of pyridine rings is 3. The molecule has 0 atom stereocenters. The van der Waals surface area contributed by atoms with E-state index < -0.39 is 21.4 Å². The summed E-state index contributed by atoms with van der Waals surface area (Å²) in [4.78, 5) is 13.4. The molecule has 6 nitrogen and oxygen atoms in total. The molecule has 0 amide bonds. The molecule has 0 bridgehead atoms. The average molecular weight is 914 g/mol. The maximum atomic E-state index is 14.0. The molecule has 330 valence electrons. The highest BCUT2D eigenvalue weighted by molar-refractivity contribution is 7.88. The van der Waals surface area contributed by atoms with Crippen LogP contribution in [0.5, 0.6) is 5.75 Å². The zero-order chi connectivity index (χ0) is 46.7. The minimum absolute atomic E-state index is 0.141. The predicted octanol–water partition coefficient (Wildman–Crippen LogP) is 15.1. The summed E-state index contributed by atoms with van der Waals surface area (Å²) in [6, 6.07) is 67.6. The minimum atomic E-state index is -6.07. The lowest BCUT2D eigenvalue weighted by Crippen LogP contribution is -2.28. The van der Waals surface area contributed by atoms with Crippen LogP contribution in [0, 0.1) is 0 Å². The molecule has 10 heteroatoms. The van der Waals surface area contributed by atoms with E-state index in [4.69, 9.17) is 4.18 Å². The molecule has 0 aliphatic carbocycles. The van der Waals surface area contributed by atoms with E-state index in [-0.39, 0.29) is 5.56 Å². The first-order chi connectivity index (χ1) is 33.1. The van der Waals surface area contributed by atoms with Crippen molar-refractivity contribution in [1.82, 2.24) is 15.0 Å². The molecule has 68 heavy (non-hydrogen) atoms. The number of hydrogen-bond acceptors (Lipinski definition) is 6. The summed E-state index contributed by atoms with van der Waals surface area (Å²) in [5.74, 6) is -0.492. The third kappa shape index (κ3) is 8.92. The van der Waals surface area contributed by atoms with E-state index in [2.05, 4.69) is 106 Å². The molecule has 10 rings (SSSR count). The highest BCUT2D eigenvalue weighted by Gasteiger charge is 2.49. The molecule has 0 saturated carbocycles. The van der Waals surface area contributed by atoms with Crippen LogP contribution in [0.2, 0.25) is 0 Å². The number of hydrogen-bond donors (Lipinski definition) is 0. The van der Waals surface area contributed by atoms with Gasteiger partial charge in [0.2, 0.25) is 0 Å². The van der Waals surface area contributed by atoms with Gasteiger partial charge in [-0.2, -0.15) is 21.6 Å². The van der Waals surface area contributed by atoms with E-state index in [0.717, 1.165) is 72.6 Å². The van der Waals surface area contributed by atoms with E-state index in [1.165, 1.54) is 6.07 Å². The van der Waals surface area contributed by atoms with E-state index in [0.29, 0.717) is 22.4 Å². The van der Waals surface area contributed by atoms with Gasteiger partial charge >= 0.3 is 15.6 Å². The molecule has 0 unspecified atom stereocenters. The predicted molar refractivity (Wildman–Crippen MR) is 264 cm³/mol. The first-order valence-corrected chi connectivity index (χ1v) is 23.0. The summed E-state index contributed by atoms with van der Waals surface area (Å²) in [7, 11) is -6.07. The number of alkyl halides is 3. The monoisotopic (exact) mass is 913 g/mol. The van der Waals surface area contributed by atoms with Crippen LogP contribution in [0.15, 0.2) is 231 Å². The molecule has 0 spiro atoms. The van der Waals surface area contributed by atoms with Gasteiger partial charge in [0, 0.05) is 40.8 Å². The Morgan fingerprint density at radius 1 is 0.324 bits per heavy atom. The minimum Gasteiger partial charge on any atom is -0.375 e. The number of aromatic nitrogens is 3. The second-order valence-corrected chi connectivity index (χ2v) is 17.5. The van der Waals surface area contributed by atoms with Gasteiger partial charge < -0.3 is 4.18 Å². The Morgan fingerprint density at radius 3 is 1.03 bits per heavy atom. The van der Waals surface area contributed by atoms with Gasteiger partial charge in [0.1, 0.15) is 0 Å². The molecule has 7 aromatic carbocycles. The summed E-state index contributed by atoms with van der Waals surface area (Å²) in [6.45, 7) is 0. The zero-order valence-corrected chi connectivity index (χ0v) is 36.9. The van der Waals surface area contributed by atoms with Crippen molar-refractivity contribution in [3.63, 3.8) is 0 Å². The number of nitrogens with zero attached hydrogens (tertiary/aromatic N) is 3. The van der Waals surface area contributed by atoms with Crippen molar-refractivity contribution >= 4 is 10.1 Å². The van der Waals surface area contributed by atoms with Gasteiger partial charge in [0.05, 0.1) is 17.1 Å². The van der Waals surface area contributed by atoms with Crippen LogP contribution in [0.25, 0.3) is 101 Å². The number of benzene rings is 7. The van der Waals surface area contributed by atoms with Crippen molar-refractivity contribution in [1.29, 1.82) is 0 Å². The molecule has 0 fully saturated rings. The SMILES string of the molecule is O=S(=O)(Oc1cc(-c2ccccn2)ccc1-c1ccccc1-c1cc(-c2ccccc2-c2ccc(-c3ccccn3)cc2)cc(-c2ccccc2-c2ccc(-c3ccccn3)cc2)c1)C(F)(F)F. The highest BCUT2D eigenvalue weighted by atomic mass is 32.2. The molecule has 0 saturated heterocycles. The van der Waals surface area contributed by atoms with E-state index in [9.17, 15) is 21.6 Å². The summed E-state index contributed by atoms with van der Waals surface area (Å²) >= 11 is 0. The first-order valence-electron chi connectivity index (χ1n) is 21.6. The molecule has 0 aliphatic rings. The lowest BCUT2D eigenvalue weighted by Gasteiger charge is -2.19. The van der Waals surface area contributed by atoms with Crippen LogP contribution in [0.1, 0.15) is 0 Å². The molecular weight excluding hydrogens is 876 g/mol. The van der Waals surface area contributed by atoms with Gasteiger partial charge in [-0.15, -0.1) is 0 Å². The Labute approximate surface area is 391 Å². The van der Waals surface area contributed by atoms with Crippen molar-refractivity contribution in [3.8, 4) is 106 Å². The molecule has 0 N–H and O–H groups in total. The smallest absolute Gasteiger partial charge is 0.375 e. The lowest BCUT2D eigenvalue weighted by molar-refractivity contribution is -0.0499. The van der Waals surface area contributed by atoms with Crippen molar-refractivity contribution in [2.24, 2.45) is 0 Å². The molecule has 0 aliphatic heterocycles. The zero-order valence-electron chi connectivity index (χ0n) is 36.0. The summed E-state index contributed by atoms with van der Waals surface area (Å²) in [5, 5.41) is 0. The highest BCUT2D eigenvalue weighted by Crippen LogP contribution is 2.45. The Balaban J connectivity index is 1.16. The van der Waals surface area contributed by atoms with Crippen molar-refractivity contribution in [3.05, 3.63) is 231 Å². The maximum absolute atomic E-state index is 14.0. The Bertz CT molecular complexity index is 3370. The number of halogens is 3. The molecular formula is C58H38F3N3O3S. The van der Waals surface area contributed by atoms with Gasteiger partial charge in [0.25, 0.3) is 0 Å².